The van der Waals surface area contributed by atoms with Crippen molar-refractivity contribution >= 4 is 11.7 Å². The fraction of sp³-hybridized carbons (Fsp3) is 0.538. The Hall–Kier alpha value is -1.58. The quantitative estimate of drug-likeness (QED) is 0.732. The molecule has 1 fully saturated rings. The highest BCUT2D eigenvalue weighted by atomic mass is 16.5. The SMILES string of the molecule is COC(=O)c1cn[c]c(C)c1N1CCCCC1. The predicted octanol–water partition coefficient (Wildman–Crippen LogP) is 1.97. The van der Waals surface area contributed by atoms with Crippen LogP contribution < -0.4 is 4.90 Å². The molecule has 0 aliphatic carbocycles. The zero-order valence-electron chi connectivity index (χ0n) is 10.3. The Bertz CT molecular complexity index is 412. The first kappa shape index (κ1) is 11.9. The van der Waals surface area contributed by atoms with Crippen molar-refractivity contribution in [1.29, 1.82) is 0 Å². The minimum Gasteiger partial charge on any atom is -0.465 e. The average Bonchev–Trinajstić information content (AvgIpc) is 2.38. The number of carbonyl (C=O) groups is 1. The second kappa shape index (κ2) is 5.17. The molecule has 0 atom stereocenters. The van der Waals surface area contributed by atoms with E-state index in [1.165, 1.54) is 26.4 Å². The van der Waals surface area contributed by atoms with Crippen molar-refractivity contribution in [3.05, 3.63) is 23.5 Å². The number of pyridine rings is 1. The standard InChI is InChI=1S/C13H17N2O2/c1-10-8-14-9-11(13(16)17-2)12(10)15-6-4-3-5-7-15/h9H,3-7H2,1-2H3. The van der Waals surface area contributed by atoms with Gasteiger partial charge in [0.25, 0.3) is 0 Å². The van der Waals surface area contributed by atoms with E-state index >= 15 is 0 Å². The fourth-order valence-electron chi connectivity index (χ4n) is 2.29. The van der Waals surface area contributed by atoms with Gasteiger partial charge in [-0.05, 0) is 26.2 Å². The average molecular weight is 233 g/mol. The summed E-state index contributed by atoms with van der Waals surface area (Å²) >= 11 is 0. The number of piperidine rings is 1. The van der Waals surface area contributed by atoms with Gasteiger partial charge in [-0.1, -0.05) is 0 Å². The van der Waals surface area contributed by atoms with Crippen LogP contribution >= 0.6 is 0 Å². The molecule has 1 radical (unpaired) electrons. The van der Waals surface area contributed by atoms with Crippen LogP contribution in [0.4, 0.5) is 5.69 Å². The first-order chi connectivity index (χ1) is 8.24. The number of aromatic nitrogens is 1. The number of hydrogen-bond donors (Lipinski definition) is 0. The molecule has 1 aliphatic rings. The first-order valence-corrected chi connectivity index (χ1v) is 5.94. The van der Waals surface area contributed by atoms with Gasteiger partial charge < -0.3 is 9.64 Å². The van der Waals surface area contributed by atoms with E-state index < -0.39 is 0 Å². The lowest BCUT2D eigenvalue weighted by molar-refractivity contribution is 0.0600. The van der Waals surface area contributed by atoms with Crippen molar-refractivity contribution in [1.82, 2.24) is 4.98 Å². The van der Waals surface area contributed by atoms with Crippen molar-refractivity contribution in [2.24, 2.45) is 0 Å². The first-order valence-electron chi connectivity index (χ1n) is 5.94. The summed E-state index contributed by atoms with van der Waals surface area (Å²) < 4.78 is 4.80. The van der Waals surface area contributed by atoms with E-state index in [2.05, 4.69) is 16.1 Å². The molecule has 0 unspecified atom stereocenters. The second-order valence-electron chi connectivity index (χ2n) is 4.30. The summed E-state index contributed by atoms with van der Waals surface area (Å²) in [7, 11) is 1.40. The number of aryl methyl sites for hydroxylation is 1. The smallest absolute Gasteiger partial charge is 0.341 e. The summed E-state index contributed by atoms with van der Waals surface area (Å²) in [6.45, 7) is 3.91. The van der Waals surface area contributed by atoms with Gasteiger partial charge in [-0.2, -0.15) is 0 Å². The number of carbonyl (C=O) groups excluding carboxylic acids is 1. The molecule has 0 aromatic carbocycles. The van der Waals surface area contributed by atoms with Gasteiger partial charge in [0, 0.05) is 24.8 Å². The maximum Gasteiger partial charge on any atom is 0.341 e. The third-order valence-electron chi connectivity index (χ3n) is 3.11. The molecule has 0 N–H and O–H groups in total. The molecule has 1 aromatic heterocycles. The number of rotatable bonds is 2. The van der Waals surface area contributed by atoms with Crippen LogP contribution in [-0.2, 0) is 4.74 Å². The Labute approximate surface area is 102 Å². The lowest BCUT2D eigenvalue weighted by atomic mass is 10.1. The summed E-state index contributed by atoms with van der Waals surface area (Å²) in [5.74, 6) is -0.324. The van der Waals surface area contributed by atoms with Crippen LogP contribution in [-0.4, -0.2) is 31.2 Å². The molecule has 0 saturated carbocycles. The van der Waals surface area contributed by atoms with Crippen LogP contribution in [0.3, 0.4) is 0 Å². The summed E-state index contributed by atoms with van der Waals surface area (Å²) in [6, 6.07) is 0. The molecule has 0 bridgehead atoms. The third kappa shape index (κ3) is 2.40. The number of hydrogen-bond acceptors (Lipinski definition) is 4. The molecule has 2 rings (SSSR count). The van der Waals surface area contributed by atoms with Crippen LogP contribution in [0, 0.1) is 13.1 Å². The molecule has 1 aromatic rings. The lowest BCUT2D eigenvalue weighted by Crippen LogP contribution is -2.31. The van der Waals surface area contributed by atoms with Gasteiger partial charge in [-0.25, -0.2) is 4.79 Å². The molecule has 0 amide bonds. The normalized spacial score (nSPS) is 15.8. The maximum absolute atomic E-state index is 11.7. The largest absolute Gasteiger partial charge is 0.465 e. The van der Waals surface area contributed by atoms with Gasteiger partial charge >= 0.3 is 5.97 Å². The summed E-state index contributed by atoms with van der Waals surface area (Å²) in [5.41, 5.74) is 2.40. The molecule has 4 heteroatoms. The molecule has 0 spiro atoms. The zero-order valence-corrected chi connectivity index (χ0v) is 10.3. The zero-order chi connectivity index (χ0) is 12.3. The van der Waals surface area contributed by atoms with Crippen LogP contribution in [0.25, 0.3) is 0 Å². The monoisotopic (exact) mass is 233 g/mol. The van der Waals surface area contributed by atoms with E-state index in [0.29, 0.717) is 5.56 Å². The van der Waals surface area contributed by atoms with Crippen molar-refractivity contribution < 1.29 is 9.53 Å². The minimum atomic E-state index is -0.324. The van der Waals surface area contributed by atoms with E-state index in [-0.39, 0.29) is 5.97 Å². The van der Waals surface area contributed by atoms with Gasteiger partial charge in [-0.3, -0.25) is 4.98 Å². The summed E-state index contributed by atoms with van der Waals surface area (Å²) in [5, 5.41) is 0. The topological polar surface area (TPSA) is 42.4 Å². The number of nitrogens with zero attached hydrogens (tertiary/aromatic N) is 2. The number of methoxy groups -OCH3 is 1. The van der Waals surface area contributed by atoms with Crippen LogP contribution in [0.15, 0.2) is 6.20 Å². The van der Waals surface area contributed by atoms with Crippen molar-refractivity contribution in [3.63, 3.8) is 0 Å². The fourth-order valence-corrected chi connectivity index (χ4v) is 2.29. The molecule has 2 heterocycles. The van der Waals surface area contributed by atoms with Crippen LogP contribution in [0.2, 0.25) is 0 Å². The van der Waals surface area contributed by atoms with E-state index in [4.69, 9.17) is 4.74 Å². The Kier molecular flexibility index (Phi) is 3.61. The Morgan fingerprint density at radius 3 is 2.76 bits per heavy atom. The Morgan fingerprint density at radius 1 is 1.41 bits per heavy atom. The number of ether oxygens (including phenoxy) is 1. The van der Waals surface area contributed by atoms with E-state index in [1.54, 1.807) is 6.20 Å². The molecular weight excluding hydrogens is 216 g/mol. The predicted molar refractivity (Wildman–Crippen MR) is 65.2 cm³/mol. The highest BCUT2D eigenvalue weighted by Crippen LogP contribution is 2.27. The van der Waals surface area contributed by atoms with Crippen molar-refractivity contribution in [2.75, 3.05) is 25.1 Å². The highest BCUT2D eigenvalue weighted by molar-refractivity contribution is 5.96. The maximum atomic E-state index is 11.7. The molecule has 91 valence electrons. The lowest BCUT2D eigenvalue weighted by Gasteiger charge is -2.31. The second-order valence-corrected chi connectivity index (χ2v) is 4.30. The minimum absolute atomic E-state index is 0.324. The van der Waals surface area contributed by atoms with Crippen molar-refractivity contribution in [3.8, 4) is 0 Å². The van der Waals surface area contributed by atoms with Crippen LogP contribution in [0.5, 0.6) is 0 Å². The highest BCUT2D eigenvalue weighted by Gasteiger charge is 2.21. The number of esters is 1. The van der Waals surface area contributed by atoms with Gasteiger partial charge in [0.05, 0.1) is 19.0 Å². The van der Waals surface area contributed by atoms with Gasteiger partial charge in [0.1, 0.15) is 5.56 Å². The van der Waals surface area contributed by atoms with Gasteiger partial charge in [-0.15, -0.1) is 0 Å². The molecule has 17 heavy (non-hydrogen) atoms. The molecule has 1 aliphatic heterocycles. The van der Waals surface area contributed by atoms with E-state index in [0.717, 1.165) is 24.3 Å². The van der Waals surface area contributed by atoms with Crippen molar-refractivity contribution in [2.45, 2.75) is 26.2 Å². The number of anilines is 1. The third-order valence-corrected chi connectivity index (χ3v) is 3.11. The summed E-state index contributed by atoms with van der Waals surface area (Å²) in [6.07, 6.45) is 8.06. The molecule has 1 saturated heterocycles. The Morgan fingerprint density at radius 2 is 2.12 bits per heavy atom. The van der Waals surface area contributed by atoms with E-state index in [1.807, 2.05) is 6.92 Å². The molecule has 4 nitrogen and oxygen atoms in total. The summed E-state index contributed by atoms with van der Waals surface area (Å²) in [4.78, 5) is 17.9. The van der Waals surface area contributed by atoms with Gasteiger partial charge in [0.2, 0.25) is 0 Å². The molecular formula is C13H17N2O2. The van der Waals surface area contributed by atoms with Crippen LogP contribution in [0.1, 0.15) is 35.2 Å². The van der Waals surface area contributed by atoms with Gasteiger partial charge in [0.15, 0.2) is 0 Å². The Balaban J connectivity index is 2.39. The van der Waals surface area contributed by atoms with E-state index in [9.17, 15) is 4.79 Å².